The highest BCUT2D eigenvalue weighted by Gasteiger charge is 2.29. The van der Waals surface area contributed by atoms with Gasteiger partial charge in [-0.25, -0.2) is 13.5 Å². The minimum Gasteiger partial charge on any atom is -0.366 e. The highest BCUT2D eigenvalue weighted by atomic mass is 19.1. The zero-order valence-electron chi connectivity index (χ0n) is 14.5. The van der Waals surface area contributed by atoms with Crippen molar-refractivity contribution in [2.45, 2.75) is 18.2 Å². The quantitative estimate of drug-likeness (QED) is 0.698. The summed E-state index contributed by atoms with van der Waals surface area (Å²) in [4.78, 5) is 11.5. The molecule has 0 bridgehead atoms. The lowest BCUT2D eigenvalue weighted by Crippen LogP contribution is -2.43. The van der Waals surface area contributed by atoms with E-state index in [4.69, 9.17) is 13.6 Å². The van der Waals surface area contributed by atoms with Gasteiger partial charge in [0.2, 0.25) is 0 Å². The van der Waals surface area contributed by atoms with Gasteiger partial charge in [-0.3, -0.25) is 4.79 Å². The molecule has 1 fully saturated rings. The van der Waals surface area contributed by atoms with Crippen molar-refractivity contribution in [3.05, 3.63) is 59.3 Å². The molecule has 1 amide bonds. The Morgan fingerprint density at radius 2 is 2.11 bits per heavy atom. The number of carbonyl (C=O) groups is 1. The fraction of sp³-hybridized carbons (Fsp3) is 0.263. The first-order valence-electron chi connectivity index (χ1n) is 8.66. The number of nitrogens with one attached hydrogen (secondary N) is 1. The second-order valence-corrected chi connectivity index (χ2v) is 6.93. The van der Waals surface area contributed by atoms with Crippen molar-refractivity contribution < 1.29 is 13.6 Å². The third kappa shape index (κ3) is 3.10. The molecule has 2 heterocycles. The van der Waals surface area contributed by atoms with Crippen LogP contribution in [0.4, 0.5) is 8.78 Å². The summed E-state index contributed by atoms with van der Waals surface area (Å²) >= 11 is 0. The molecule has 1 aromatic heterocycles. The number of aromatic nitrogens is 2. The maximum absolute atomic E-state index is 14.8. The van der Waals surface area contributed by atoms with E-state index in [-0.39, 0.29) is 16.8 Å². The standard InChI is InChI=1S/C19H17BF2N4O/c20-19(4-1-5-24-10-19)12-2-3-16(15(22)7-12)26-9-11-6-13(21)8-14(18(23)27)17(11)25-26/h2-3,6-9,24H,1,4-5,10H2,(H2,23,27)/t19-/m1/s1. The van der Waals surface area contributed by atoms with Crippen LogP contribution in [0.15, 0.2) is 36.5 Å². The van der Waals surface area contributed by atoms with E-state index in [1.54, 1.807) is 12.1 Å². The molecule has 1 atom stereocenters. The molecular weight excluding hydrogens is 349 g/mol. The van der Waals surface area contributed by atoms with Crippen molar-refractivity contribution in [3.8, 4) is 5.69 Å². The predicted octanol–water partition coefficient (Wildman–Crippen LogP) is 2.15. The number of primary amides is 1. The van der Waals surface area contributed by atoms with E-state index in [0.29, 0.717) is 17.5 Å². The van der Waals surface area contributed by atoms with Gasteiger partial charge in [0.05, 0.1) is 13.4 Å². The summed E-state index contributed by atoms with van der Waals surface area (Å²) in [7, 11) is 6.42. The molecule has 2 radical (unpaired) electrons. The van der Waals surface area contributed by atoms with Crippen LogP contribution in [0.3, 0.4) is 0 Å². The molecule has 2 aromatic carbocycles. The maximum atomic E-state index is 14.8. The second-order valence-electron chi connectivity index (χ2n) is 6.93. The zero-order valence-corrected chi connectivity index (χ0v) is 14.5. The van der Waals surface area contributed by atoms with Crippen LogP contribution in [-0.4, -0.2) is 36.6 Å². The molecule has 3 N–H and O–H groups in total. The molecule has 4 rings (SSSR count). The fourth-order valence-corrected chi connectivity index (χ4v) is 3.59. The number of hydrogen-bond acceptors (Lipinski definition) is 3. The predicted molar refractivity (Wildman–Crippen MR) is 99.0 cm³/mol. The molecule has 0 spiro atoms. The van der Waals surface area contributed by atoms with Crippen LogP contribution in [0, 0.1) is 11.6 Å². The van der Waals surface area contributed by atoms with E-state index in [1.807, 2.05) is 0 Å². The van der Waals surface area contributed by atoms with Crippen LogP contribution in [0.5, 0.6) is 0 Å². The van der Waals surface area contributed by atoms with Gasteiger partial charge in [0.25, 0.3) is 5.91 Å². The van der Waals surface area contributed by atoms with E-state index >= 15 is 0 Å². The summed E-state index contributed by atoms with van der Waals surface area (Å²) in [5, 5.41) is 7.21. The van der Waals surface area contributed by atoms with Gasteiger partial charge in [-0.1, -0.05) is 6.07 Å². The van der Waals surface area contributed by atoms with Crippen molar-refractivity contribution in [1.82, 2.24) is 15.1 Å². The van der Waals surface area contributed by atoms with Crippen LogP contribution >= 0.6 is 0 Å². The van der Waals surface area contributed by atoms with Gasteiger partial charge in [0.15, 0.2) is 0 Å². The second kappa shape index (κ2) is 6.46. The Balaban J connectivity index is 1.78. The zero-order chi connectivity index (χ0) is 19.2. The lowest BCUT2D eigenvalue weighted by Gasteiger charge is -2.35. The Kier molecular flexibility index (Phi) is 4.22. The molecule has 0 aliphatic carbocycles. The molecule has 27 heavy (non-hydrogen) atoms. The first-order chi connectivity index (χ1) is 12.9. The van der Waals surface area contributed by atoms with E-state index < -0.39 is 22.9 Å². The van der Waals surface area contributed by atoms with Crippen LogP contribution in [-0.2, 0) is 5.31 Å². The van der Waals surface area contributed by atoms with Crippen molar-refractivity contribution in [3.63, 3.8) is 0 Å². The monoisotopic (exact) mass is 366 g/mol. The number of nitrogens with two attached hydrogens (primary N) is 1. The molecule has 0 unspecified atom stereocenters. The number of rotatable bonds is 3. The van der Waals surface area contributed by atoms with E-state index in [9.17, 15) is 13.6 Å². The number of halogens is 2. The Morgan fingerprint density at radius 1 is 1.30 bits per heavy atom. The Morgan fingerprint density at radius 3 is 2.78 bits per heavy atom. The minimum atomic E-state index is -0.796. The van der Waals surface area contributed by atoms with Crippen LogP contribution in [0.2, 0.25) is 0 Å². The molecule has 8 heteroatoms. The van der Waals surface area contributed by atoms with Gasteiger partial charge >= 0.3 is 0 Å². The number of benzene rings is 2. The molecule has 0 saturated carbocycles. The average molecular weight is 366 g/mol. The Labute approximate surface area is 155 Å². The fourth-order valence-electron chi connectivity index (χ4n) is 3.59. The molecular formula is C19H17BF2N4O. The molecule has 1 aliphatic heterocycles. The third-order valence-electron chi connectivity index (χ3n) is 5.03. The first kappa shape index (κ1) is 17.7. The lowest BCUT2D eigenvalue weighted by atomic mass is 9.60. The molecule has 1 aliphatic rings. The van der Waals surface area contributed by atoms with Gasteiger partial charge in [0.1, 0.15) is 22.8 Å². The molecule has 5 nitrogen and oxygen atoms in total. The van der Waals surface area contributed by atoms with E-state index in [1.165, 1.54) is 23.0 Å². The summed E-state index contributed by atoms with van der Waals surface area (Å²) in [5.74, 6) is -1.91. The highest BCUT2D eigenvalue weighted by Crippen LogP contribution is 2.30. The third-order valence-corrected chi connectivity index (χ3v) is 5.03. The topological polar surface area (TPSA) is 72.9 Å². The van der Waals surface area contributed by atoms with Gasteiger partial charge in [-0.05, 0) is 61.1 Å². The number of nitrogens with zero attached hydrogens (tertiary/aromatic N) is 2. The van der Waals surface area contributed by atoms with Crippen LogP contribution in [0.25, 0.3) is 16.6 Å². The molecule has 1 saturated heterocycles. The number of amides is 1. The normalized spacial score (nSPS) is 20.1. The van der Waals surface area contributed by atoms with Crippen molar-refractivity contribution in [2.24, 2.45) is 5.73 Å². The molecule has 3 aromatic rings. The van der Waals surface area contributed by atoms with Crippen LogP contribution in [0.1, 0.15) is 28.8 Å². The first-order valence-corrected chi connectivity index (χ1v) is 8.66. The van der Waals surface area contributed by atoms with Gasteiger partial charge in [-0.15, -0.1) is 0 Å². The number of carbonyl (C=O) groups excluding carboxylic acids is 1. The summed E-state index contributed by atoms with van der Waals surface area (Å²) < 4.78 is 29.8. The van der Waals surface area contributed by atoms with Crippen molar-refractivity contribution >= 4 is 24.7 Å². The minimum absolute atomic E-state index is 0.0463. The van der Waals surface area contributed by atoms with Crippen molar-refractivity contribution in [2.75, 3.05) is 13.1 Å². The van der Waals surface area contributed by atoms with Crippen LogP contribution < -0.4 is 11.1 Å². The number of fused-ring (bicyclic) bond motifs is 1. The van der Waals surface area contributed by atoms with E-state index in [2.05, 4.69) is 10.4 Å². The van der Waals surface area contributed by atoms with Gasteiger partial charge in [-0.2, -0.15) is 5.10 Å². The van der Waals surface area contributed by atoms with E-state index in [0.717, 1.165) is 25.5 Å². The SMILES string of the molecule is [B][C@]1(c2ccc(-n3cc4cc(F)cc(C(N)=O)c4n3)c(F)c2)CCCNC1. The van der Waals surface area contributed by atoms with Crippen molar-refractivity contribution in [1.29, 1.82) is 0 Å². The Hall–Kier alpha value is -2.74. The summed E-state index contributed by atoms with van der Waals surface area (Å²) in [6, 6.07) is 7.01. The smallest absolute Gasteiger partial charge is 0.251 e. The number of piperidine rings is 1. The Bertz CT molecular complexity index is 1040. The highest BCUT2D eigenvalue weighted by molar-refractivity contribution is 6.16. The summed E-state index contributed by atoms with van der Waals surface area (Å²) in [6.45, 7) is 1.48. The average Bonchev–Trinajstić information content (AvgIpc) is 3.04. The van der Waals surface area contributed by atoms with Gasteiger partial charge < -0.3 is 11.1 Å². The summed E-state index contributed by atoms with van der Waals surface area (Å²) in [5.41, 5.74) is 6.35. The lowest BCUT2D eigenvalue weighted by molar-refractivity contribution is 0.100. The maximum Gasteiger partial charge on any atom is 0.251 e. The number of hydrogen-bond donors (Lipinski definition) is 2. The largest absolute Gasteiger partial charge is 0.366 e. The van der Waals surface area contributed by atoms with Gasteiger partial charge in [0, 0.05) is 11.6 Å². The summed E-state index contributed by atoms with van der Waals surface area (Å²) in [6.07, 6.45) is 3.15. The molecule has 136 valence electrons.